The summed E-state index contributed by atoms with van der Waals surface area (Å²) in [4.78, 5) is 8.43. The lowest BCUT2D eigenvalue weighted by molar-refractivity contribution is 1.17. The molecule has 0 aliphatic heterocycles. The number of benzene rings is 2. The summed E-state index contributed by atoms with van der Waals surface area (Å²) >= 11 is 3.74. The SMILES string of the molecule is c1ccc2c(c1)sc1sc3c(-c4ccncn4)cccc3c12. The average Bonchev–Trinajstić information content (AvgIpc) is 3.11. The van der Waals surface area contributed by atoms with E-state index in [0.29, 0.717) is 0 Å². The van der Waals surface area contributed by atoms with Crippen LogP contribution in [0.4, 0.5) is 0 Å². The van der Waals surface area contributed by atoms with E-state index in [9.17, 15) is 0 Å². The van der Waals surface area contributed by atoms with E-state index in [1.165, 1.54) is 35.1 Å². The van der Waals surface area contributed by atoms with Gasteiger partial charge < -0.3 is 0 Å². The number of hydrogen-bond donors (Lipinski definition) is 0. The predicted molar refractivity (Wildman–Crippen MR) is 95.7 cm³/mol. The summed E-state index contributed by atoms with van der Waals surface area (Å²) in [5.74, 6) is 0. The zero-order chi connectivity index (χ0) is 14.5. The van der Waals surface area contributed by atoms with Gasteiger partial charge in [-0.2, -0.15) is 0 Å². The Kier molecular flexibility index (Phi) is 2.56. The highest BCUT2D eigenvalue weighted by Gasteiger charge is 2.14. The van der Waals surface area contributed by atoms with Crippen LogP contribution in [-0.2, 0) is 0 Å². The van der Waals surface area contributed by atoms with Crippen molar-refractivity contribution >= 4 is 52.2 Å². The molecule has 4 heteroatoms. The molecule has 0 atom stereocenters. The minimum Gasteiger partial charge on any atom is -0.245 e. The summed E-state index contributed by atoms with van der Waals surface area (Å²) in [7, 11) is 0. The van der Waals surface area contributed by atoms with Gasteiger partial charge in [-0.05, 0) is 12.1 Å². The van der Waals surface area contributed by atoms with Gasteiger partial charge in [0.05, 0.1) is 9.71 Å². The number of rotatable bonds is 1. The summed E-state index contributed by atoms with van der Waals surface area (Å²) in [6.07, 6.45) is 3.41. The fourth-order valence-corrected chi connectivity index (χ4v) is 5.64. The lowest BCUT2D eigenvalue weighted by Gasteiger charge is -2.01. The molecule has 0 aliphatic rings. The molecule has 0 aliphatic carbocycles. The molecule has 0 unspecified atom stereocenters. The Morgan fingerprint density at radius 3 is 2.64 bits per heavy atom. The van der Waals surface area contributed by atoms with Gasteiger partial charge in [0.1, 0.15) is 6.33 Å². The van der Waals surface area contributed by atoms with E-state index in [1.54, 1.807) is 12.5 Å². The highest BCUT2D eigenvalue weighted by atomic mass is 32.2. The van der Waals surface area contributed by atoms with E-state index in [-0.39, 0.29) is 0 Å². The summed E-state index contributed by atoms with van der Waals surface area (Å²) in [5, 5.41) is 4.07. The standard InChI is InChI=1S/C18H10N2S2/c1-2-7-15-12(4-1)16-13-6-3-5-11(14-8-9-19-10-20-14)17(13)22-18(16)21-15/h1-10H. The Balaban J connectivity index is 1.94. The molecule has 0 radical (unpaired) electrons. The lowest BCUT2D eigenvalue weighted by atomic mass is 10.1. The maximum atomic E-state index is 4.41. The van der Waals surface area contributed by atoms with Gasteiger partial charge in [0.25, 0.3) is 0 Å². The number of hydrogen-bond acceptors (Lipinski definition) is 4. The molecular weight excluding hydrogens is 308 g/mol. The number of nitrogens with zero attached hydrogens (tertiary/aromatic N) is 2. The smallest absolute Gasteiger partial charge is 0.116 e. The molecule has 0 saturated carbocycles. The van der Waals surface area contributed by atoms with Gasteiger partial charge in [-0.25, -0.2) is 9.97 Å². The Morgan fingerprint density at radius 1 is 0.818 bits per heavy atom. The number of fused-ring (bicyclic) bond motifs is 5. The van der Waals surface area contributed by atoms with Crippen molar-refractivity contribution in [1.29, 1.82) is 0 Å². The van der Waals surface area contributed by atoms with Crippen molar-refractivity contribution in [3.8, 4) is 11.3 Å². The minimum atomic E-state index is 0.985. The molecule has 2 nitrogen and oxygen atoms in total. The van der Waals surface area contributed by atoms with Crippen LogP contribution < -0.4 is 0 Å². The topological polar surface area (TPSA) is 25.8 Å². The first-order chi connectivity index (χ1) is 10.9. The van der Waals surface area contributed by atoms with Gasteiger partial charge in [-0.15, -0.1) is 22.7 Å². The third kappa shape index (κ3) is 1.65. The van der Waals surface area contributed by atoms with Crippen LogP contribution in [0.1, 0.15) is 0 Å². The first-order valence-electron chi connectivity index (χ1n) is 7.01. The van der Waals surface area contributed by atoms with Crippen molar-refractivity contribution in [3.05, 3.63) is 61.1 Å². The van der Waals surface area contributed by atoms with Crippen LogP contribution in [0.15, 0.2) is 61.1 Å². The van der Waals surface area contributed by atoms with Gasteiger partial charge in [0.15, 0.2) is 0 Å². The van der Waals surface area contributed by atoms with Gasteiger partial charge >= 0.3 is 0 Å². The van der Waals surface area contributed by atoms with E-state index in [2.05, 4.69) is 52.4 Å². The maximum absolute atomic E-state index is 4.41. The first-order valence-corrected chi connectivity index (χ1v) is 8.64. The highest BCUT2D eigenvalue weighted by Crippen LogP contribution is 2.46. The monoisotopic (exact) mass is 318 g/mol. The van der Waals surface area contributed by atoms with Crippen LogP contribution in [0.5, 0.6) is 0 Å². The number of aromatic nitrogens is 2. The van der Waals surface area contributed by atoms with Crippen LogP contribution in [0.25, 0.3) is 40.8 Å². The van der Waals surface area contributed by atoms with E-state index >= 15 is 0 Å². The van der Waals surface area contributed by atoms with E-state index in [0.717, 1.165) is 5.69 Å². The van der Waals surface area contributed by atoms with Crippen molar-refractivity contribution < 1.29 is 0 Å². The van der Waals surface area contributed by atoms with E-state index in [4.69, 9.17) is 0 Å². The molecule has 3 aromatic heterocycles. The average molecular weight is 318 g/mol. The Labute approximate surface area is 134 Å². The second-order valence-electron chi connectivity index (χ2n) is 5.14. The van der Waals surface area contributed by atoms with Gasteiger partial charge in [-0.3, -0.25) is 0 Å². The molecule has 5 aromatic rings. The van der Waals surface area contributed by atoms with Crippen LogP contribution in [0, 0.1) is 0 Å². The van der Waals surface area contributed by atoms with Crippen molar-refractivity contribution in [2.75, 3.05) is 0 Å². The fraction of sp³-hybridized carbons (Fsp3) is 0. The summed E-state index contributed by atoms with van der Waals surface area (Å²) in [6, 6.07) is 17.1. The molecule has 104 valence electrons. The summed E-state index contributed by atoms with van der Waals surface area (Å²) in [6.45, 7) is 0. The molecule has 0 amide bonds. The number of thiophene rings is 2. The fourth-order valence-electron chi connectivity index (χ4n) is 2.94. The maximum Gasteiger partial charge on any atom is 0.116 e. The molecule has 22 heavy (non-hydrogen) atoms. The van der Waals surface area contributed by atoms with Crippen LogP contribution in [-0.4, -0.2) is 9.97 Å². The van der Waals surface area contributed by atoms with Crippen molar-refractivity contribution in [1.82, 2.24) is 9.97 Å². The third-order valence-corrected chi connectivity index (χ3v) is 6.40. The zero-order valence-corrected chi connectivity index (χ0v) is 13.1. The van der Waals surface area contributed by atoms with Crippen molar-refractivity contribution in [2.45, 2.75) is 0 Å². The van der Waals surface area contributed by atoms with Gasteiger partial charge in [0, 0.05) is 37.3 Å². The zero-order valence-electron chi connectivity index (χ0n) is 11.5. The first kappa shape index (κ1) is 12.3. The predicted octanol–water partition coefficient (Wildman–Crippen LogP) is 5.73. The second-order valence-corrected chi connectivity index (χ2v) is 7.47. The van der Waals surface area contributed by atoms with Crippen LogP contribution >= 0.6 is 22.7 Å². The minimum absolute atomic E-state index is 0.985. The van der Waals surface area contributed by atoms with Crippen molar-refractivity contribution in [2.24, 2.45) is 0 Å². The van der Waals surface area contributed by atoms with Crippen molar-refractivity contribution in [3.63, 3.8) is 0 Å². The lowest BCUT2D eigenvalue weighted by Crippen LogP contribution is -1.83. The van der Waals surface area contributed by atoms with E-state index in [1.807, 2.05) is 28.7 Å². The van der Waals surface area contributed by atoms with Crippen LogP contribution in [0.3, 0.4) is 0 Å². The quantitative estimate of drug-likeness (QED) is 0.394. The normalized spacial score (nSPS) is 11.6. The molecule has 0 spiro atoms. The van der Waals surface area contributed by atoms with E-state index < -0.39 is 0 Å². The molecule has 0 saturated heterocycles. The molecule has 5 rings (SSSR count). The Hall–Kier alpha value is -2.30. The Bertz CT molecular complexity index is 1120. The Morgan fingerprint density at radius 2 is 1.73 bits per heavy atom. The largest absolute Gasteiger partial charge is 0.245 e. The molecule has 0 fully saturated rings. The second kappa shape index (κ2) is 4.60. The summed E-state index contributed by atoms with van der Waals surface area (Å²) < 4.78 is 4.06. The molecule has 0 bridgehead atoms. The molecular formula is C18H10N2S2. The molecule has 0 N–H and O–H groups in total. The van der Waals surface area contributed by atoms with Crippen LogP contribution in [0.2, 0.25) is 0 Å². The van der Waals surface area contributed by atoms with Gasteiger partial charge in [0.2, 0.25) is 0 Å². The molecule has 3 heterocycles. The third-order valence-electron chi connectivity index (χ3n) is 3.90. The molecule has 2 aromatic carbocycles. The highest BCUT2D eigenvalue weighted by molar-refractivity contribution is 7.44. The van der Waals surface area contributed by atoms with Gasteiger partial charge in [-0.1, -0.05) is 36.4 Å². The summed E-state index contributed by atoms with van der Waals surface area (Å²) in [5.41, 5.74) is 2.18.